The maximum atomic E-state index is 13.2. The standard InChI is InChI=1S/C25H32N8O11S2/c1-25(2)19(21(35)33(25)44-46(39,40)41)31-20(34)18(16-12-45-23(26)30-16)32-43-17(22(36)37)11-42-15-7-5-13(6-8-15)28-24(38)29-14-4-3-9-27-10-14/h5-8,12,14,17,19,27H,3-4,9-11H2,1-2H3,(H2,26,30)(H,31,34)(H,36,37)(H2,28,29,38)(H,39,40,41)/b32-18+/t14-,17-,19+/m0/s1. The Morgan fingerprint density at radius 3 is 2.54 bits per heavy atom. The van der Waals surface area contributed by atoms with Crippen LogP contribution in [-0.2, 0) is 33.9 Å². The fourth-order valence-corrected chi connectivity index (χ4v) is 5.42. The predicted octanol–water partition coefficient (Wildman–Crippen LogP) is -0.308. The molecule has 2 saturated heterocycles. The summed E-state index contributed by atoms with van der Waals surface area (Å²) in [6.07, 6.45) is 0.126. The number of ether oxygens (including phenoxy) is 1. The molecule has 0 unspecified atom stereocenters. The number of oxime groups is 1. The first-order valence-electron chi connectivity index (χ1n) is 13.6. The van der Waals surface area contributed by atoms with Gasteiger partial charge in [-0.3, -0.25) is 14.1 Å². The monoisotopic (exact) mass is 684 g/mol. The van der Waals surface area contributed by atoms with E-state index in [9.17, 15) is 32.7 Å². The molecule has 0 spiro atoms. The zero-order chi connectivity index (χ0) is 33.6. The molecule has 1 aromatic carbocycles. The molecule has 0 bridgehead atoms. The summed E-state index contributed by atoms with van der Waals surface area (Å²) < 4.78 is 40.9. The molecule has 2 aromatic rings. The Labute approximate surface area is 266 Å². The molecule has 2 aliphatic rings. The number of aromatic nitrogens is 1. The highest BCUT2D eigenvalue weighted by molar-refractivity contribution is 7.80. The van der Waals surface area contributed by atoms with Crippen LogP contribution in [0.2, 0.25) is 0 Å². The van der Waals surface area contributed by atoms with Crippen molar-refractivity contribution in [3.63, 3.8) is 0 Å². The molecule has 3 atom stereocenters. The number of carboxylic acids is 1. The van der Waals surface area contributed by atoms with E-state index in [1.807, 2.05) is 0 Å². The highest BCUT2D eigenvalue weighted by Crippen LogP contribution is 2.33. The molecule has 0 saturated carbocycles. The third-order valence-corrected chi connectivity index (χ3v) is 7.80. The van der Waals surface area contributed by atoms with Crippen molar-refractivity contribution in [1.29, 1.82) is 0 Å². The number of anilines is 2. The Morgan fingerprint density at radius 2 is 1.98 bits per heavy atom. The number of hydrogen-bond donors (Lipinski definition) is 7. The number of amides is 4. The molecule has 21 heteroatoms. The third kappa shape index (κ3) is 8.78. The number of rotatable bonds is 13. The molecule has 2 aliphatic heterocycles. The van der Waals surface area contributed by atoms with E-state index in [0.717, 1.165) is 30.7 Å². The van der Waals surface area contributed by atoms with E-state index in [4.69, 9.17) is 19.9 Å². The van der Waals surface area contributed by atoms with Crippen LogP contribution in [0.3, 0.4) is 0 Å². The number of hydroxylamine groups is 2. The van der Waals surface area contributed by atoms with E-state index < -0.39 is 58.2 Å². The van der Waals surface area contributed by atoms with Crippen molar-refractivity contribution in [1.82, 2.24) is 26.0 Å². The van der Waals surface area contributed by atoms with Crippen LogP contribution in [0.5, 0.6) is 5.75 Å². The summed E-state index contributed by atoms with van der Waals surface area (Å²) in [5, 5.41) is 26.2. The summed E-state index contributed by atoms with van der Waals surface area (Å²) in [7, 11) is -5.02. The molecule has 46 heavy (non-hydrogen) atoms. The Kier molecular flexibility index (Phi) is 10.6. The van der Waals surface area contributed by atoms with Gasteiger partial charge in [-0.25, -0.2) is 14.6 Å². The van der Waals surface area contributed by atoms with Crippen LogP contribution in [0.1, 0.15) is 32.4 Å². The normalized spacial score (nSPS) is 20.2. The number of thiazole rings is 1. The smallest absolute Gasteiger partial charge is 0.418 e. The second kappa shape index (κ2) is 14.2. The largest absolute Gasteiger partial charge is 0.489 e. The Morgan fingerprint density at radius 1 is 1.26 bits per heavy atom. The second-order valence-corrected chi connectivity index (χ2v) is 12.5. The van der Waals surface area contributed by atoms with Crippen molar-refractivity contribution in [2.45, 2.75) is 50.4 Å². The number of urea groups is 1. The molecule has 0 radical (unpaired) electrons. The summed E-state index contributed by atoms with van der Waals surface area (Å²) >= 11 is 0.944. The summed E-state index contributed by atoms with van der Waals surface area (Å²) in [4.78, 5) is 58.9. The van der Waals surface area contributed by atoms with Crippen LogP contribution in [0.15, 0.2) is 34.8 Å². The SMILES string of the molecule is CC1(C)[C@H](NC(=O)/C(=N/O[C@@H](COc2ccc(NC(=O)N[C@H]3CCCNC3)cc2)C(=O)O)c2csc(N)n2)C(=O)N1OS(=O)(=O)O. The number of carbonyl (C=O) groups excluding carboxylic acids is 3. The summed E-state index contributed by atoms with van der Waals surface area (Å²) in [6, 6.07) is 4.45. The lowest BCUT2D eigenvalue weighted by Crippen LogP contribution is -2.76. The Bertz CT molecular complexity index is 1590. The molecule has 1 aromatic heterocycles. The number of carbonyl (C=O) groups is 4. The van der Waals surface area contributed by atoms with Crippen LogP contribution < -0.4 is 31.7 Å². The van der Waals surface area contributed by atoms with E-state index in [-0.39, 0.29) is 28.6 Å². The minimum Gasteiger partial charge on any atom is -0.489 e. The van der Waals surface area contributed by atoms with Crippen LogP contribution in [0.4, 0.5) is 15.6 Å². The van der Waals surface area contributed by atoms with Gasteiger partial charge < -0.3 is 41.7 Å². The van der Waals surface area contributed by atoms with Gasteiger partial charge in [0.25, 0.3) is 17.9 Å². The number of nitrogens with two attached hydrogens (primary N) is 1. The van der Waals surface area contributed by atoms with Gasteiger partial charge >= 0.3 is 22.4 Å². The first-order valence-corrected chi connectivity index (χ1v) is 15.9. The fraction of sp³-hybridized carbons (Fsp3) is 0.440. The quantitative estimate of drug-likeness (QED) is 0.0617. The third-order valence-electron chi connectivity index (χ3n) is 6.79. The number of nitrogens with one attached hydrogen (secondary N) is 4. The highest BCUT2D eigenvalue weighted by atomic mass is 32.3. The van der Waals surface area contributed by atoms with Crippen molar-refractivity contribution < 1.29 is 51.1 Å². The fourth-order valence-electron chi connectivity index (χ4n) is 4.42. The topological polar surface area (TPSA) is 273 Å². The van der Waals surface area contributed by atoms with Crippen LogP contribution in [0, 0.1) is 0 Å². The first kappa shape index (κ1) is 34.3. The molecule has 0 aliphatic carbocycles. The summed E-state index contributed by atoms with van der Waals surface area (Å²) in [6.45, 7) is 3.75. The van der Waals surface area contributed by atoms with Crippen molar-refractivity contribution in [2.75, 3.05) is 30.7 Å². The predicted molar refractivity (Wildman–Crippen MR) is 161 cm³/mol. The maximum absolute atomic E-state index is 13.2. The molecule has 19 nitrogen and oxygen atoms in total. The molecular weight excluding hydrogens is 652 g/mol. The minimum absolute atomic E-state index is 0.0250. The number of aliphatic carboxylic acids is 1. The molecular formula is C25H32N8O11S2. The zero-order valence-corrected chi connectivity index (χ0v) is 26.1. The Balaban J connectivity index is 1.38. The lowest BCUT2D eigenvalue weighted by atomic mass is 9.84. The van der Waals surface area contributed by atoms with Gasteiger partial charge in [-0.15, -0.1) is 15.6 Å². The average Bonchev–Trinajstić information content (AvgIpc) is 3.42. The van der Waals surface area contributed by atoms with Crippen LogP contribution >= 0.6 is 11.3 Å². The zero-order valence-electron chi connectivity index (χ0n) is 24.5. The van der Waals surface area contributed by atoms with Gasteiger partial charge in [0.15, 0.2) is 10.8 Å². The van der Waals surface area contributed by atoms with Gasteiger partial charge in [-0.05, 0) is 57.5 Å². The van der Waals surface area contributed by atoms with Crippen molar-refractivity contribution in [2.24, 2.45) is 5.16 Å². The van der Waals surface area contributed by atoms with Gasteiger partial charge in [0.1, 0.15) is 24.1 Å². The number of benzene rings is 1. The number of nitrogens with zero attached hydrogens (tertiary/aromatic N) is 3. The van der Waals surface area contributed by atoms with Gasteiger partial charge in [0, 0.05) is 23.7 Å². The number of carboxylic acid groups (broad SMARTS) is 1. The number of piperidine rings is 1. The average molecular weight is 685 g/mol. The molecule has 2 fully saturated rings. The summed E-state index contributed by atoms with van der Waals surface area (Å²) in [5.41, 5.74) is 4.06. The van der Waals surface area contributed by atoms with Crippen molar-refractivity contribution >= 4 is 62.1 Å². The van der Waals surface area contributed by atoms with Gasteiger partial charge in [0.05, 0.1) is 5.54 Å². The lowest BCUT2D eigenvalue weighted by molar-refractivity contribution is -0.218. The maximum Gasteiger partial charge on any atom is 0.418 e. The lowest BCUT2D eigenvalue weighted by Gasteiger charge is -2.50. The molecule has 4 rings (SSSR count). The summed E-state index contributed by atoms with van der Waals surface area (Å²) in [5.74, 6) is -3.29. The van der Waals surface area contributed by atoms with E-state index in [2.05, 4.69) is 35.7 Å². The van der Waals surface area contributed by atoms with Gasteiger partial charge in [-0.1, -0.05) is 5.16 Å². The molecule has 8 N–H and O–H groups in total. The molecule has 250 valence electrons. The van der Waals surface area contributed by atoms with Gasteiger partial charge in [0.2, 0.25) is 0 Å². The van der Waals surface area contributed by atoms with E-state index >= 15 is 0 Å². The van der Waals surface area contributed by atoms with Gasteiger partial charge in [-0.2, -0.15) is 13.5 Å². The number of nitrogen functional groups attached to an aromatic ring is 1. The number of hydrogen-bond acceptors (Lipinski definition) is 14. The van der Waals surface area contributed by atoms with Crippen molar-refractivity contribution in [3.8, 4) is 5.75 Å². The molecule has 4 amide bonds. The van der Waals surface area contributed by atoms with E-state index in [1.165, 1.54) is 31.4 Å². The van der Waals surface area contributed by atoms with Crippen LogP contribution in [-0.4, -0.2) is 101 Å². The Hall–Kier alpha value is -4.57. The molecule has 3 heterocycles. The van der Waals surface area contributed by atoms with Crippen LogP contribution in [0.25, 0.3) is 0 Å². The minimum atomic E-state index is -5.02. The number of β-lactam (4-membered cyclic amide) rings is 1. The highest BCUT2D eigenvalue weighted by Gasteiger charge is 2.58. The van der Waals surface area contributed by atoms with Crippen molar-refractivity contribution in [3.05, 3.63) is 35.3 Å². The first-order chi connectivity index (χ1) is 21.6. The van der Waals surface area contributed by atoms with E-state index in [1.54, 1.807) is 12.1 Å². The second-order valence-electron chi connectivity index (χ2n) is 10.6. The van der Waals surface area contributed by atoms with E-state index in [0.29, 0.717) is 17.3 Å².